The first-order valence-electron chi connectivity index (χ1n) is 7.62. The third-order valence-corrected chi connectivity index (χ3v) is 4.86. The molecule has 0 spiro atoms. The molecule has 0 aromatic heterocycles. The van der Waals surface area contributed by atoms with Gasteiger partial charge in [0, 0.05) is 37.5 Å². The van der Waals surface area contributed by atoms with Crippen LogP contribution in [-0.2, 0) is 11.3 Å². The second-order valence-corrected chi connectivity index (χ2v) is 8.35. The largest absolute Gasteiger partial charge is 0.339 e. The molecule has 0 saturated carbocycles. The number of piperazine rings is 1. The number of carbonyl (C=O) groups is 1. The first kappa shape index (κ1) is 16.4. The summed E-state index contributed by atoms with van der Waals surface area (Å²) in [6.45, 7) is 11.1. The predicted octanol–water partition coefficient (Wildman–Crippen LogP) is 2.86. The van der Waals surface area contributed by atoms with Crippen molar-refractivity contribution in [2.45, 2.75) is 32.1 Å². The molecule has 4 heteroatoms. The van der Waals surface area contributed by atoms with Gasteiger partial charge in [0.25, 0.3) is 0 Å². The molecule has 1 aliphatic rings. The van der Waals surface area contributed by atoms with Crippen LogP contribution in [0.15, 0.2) is 30.3 Å². The minimum absolute atomic E-state index is 0.158. The molecule has 1 aliphatic heterocycles. The molecule has 0 radical (unpaired) electrons. The van der Waals surface area contributed by atoms with Crippen molar-refractivity contribution in [3.63, 3.8) is 0 Å². The third-order valence-electron chi connectivity index (χ3n) is 3.60. The zero-order chi connectivity index (χ0) is 15.3. The Balaban J connectivity index is 1.74. The number of nitrogens with zero attached hydrogens (tertiary/aromatic N) is 2. The van der Waals surface area contributed by atoms with Gasteiger partial charge in [0.1, 0.15) is 0 Å². The van der Waals surface area contributed by atoms with Crippen LogP contribution in [0.2, 0.25) is 0 Å². The summed E-state index contributed by atoms with van der Waals surface area (Å²) in [6, 6.07) is 10.5. The number of hydrogen-bond acceptors (Lipinski definition) is 3. The maximum absolute atomic E-state index is 12.2. The first-order valence-corrected chi connectivity index (χ1v) is 8.61. The molecule has 0 bridgehead atoms. The summed E-state index contributed by atoms with van der Waals surface area (Å²) in [4.78, 5) is 16.6. The van der Waals surface area contributed by atoms with Crippen molar-refractivity contribution in [3.05, 3.63) is 35.9 Å². The molecule has 116 valence electrons. The van der Waals surface area contributed by atoms with E-state index in [2.05, 4.69) is 49.9 Å². The topological polar surface area (TPSA) is 23.6 Å². The smallest absolute Gasteiger partial charge is 0.232 e. The van der Waals surface area contributed by atoms with Crippen LogP contribution in [0, 0.1) is 0 Å². The van der Waals surface area contributed by atoms with Crippen LogP contribution >= 0.6 is 11.8 Å². The fourth-order valence-electron chi connectivity index (χ4n) is 2.37. The van der Waals surface area contributed by atoms with Crippen LogP contribution in [-0.4, -0.2) is 52.4 Å². The second-order valence-electron chi connectivity index (χ2n) is 6.54. The fraction of sp³-hybridized carbons (Fsp3) is 0.588. The molecular weight excluding hydrogens is 280 g/mol. The molecule has 2 rings (SSSR count). The van der Waals surface area contributed by atoms with Crippen LogP contribution in [0.25, 0.3) is 0 Å². The average Bonchev–Trinajstić information content (AvgIpc) is 2.46. The first-order chi connectivity index (χ1) is 9.94. The summed E-state index contributed by atoms with van der Waals surface area (Å²) in [5, 5.41) is 0. The Morgan fingerprint density at radius 1 is 1.10 bits per heavy atom. The molecule has 0 unspecified atom stereocenters. The summed E-state index contributed by atoms with van der Waals surface area (Å²) in [5.41, 5.74) is 1.35. The molecule has 0 N–H and O–H groups in total. The van der Waals surface area contributed by atoms with Crippen molar-refractivity contribution in [3.8, 4) is 0 Å². The van der Waals surface area contributed by atoms with Gasteiger partial charge < -0.3 is 4.90 Å². The van der Waals surface area contributed by atoms with Crippen LogP contribution in [0.3, 0.4) is 0 Å². The second kappa shape index (κ2) is 7.32. The van der Waals surface area contributed by atoms with E-state index in [9.17, 15) is 4.79 Å². The lowest BCUT2D eigenvalue weighted by Gasteiger charge is -2.35. The minimum atomic E-state index is 0.158. The number of amides is 1. The highest BCUT2D eigenvalue weighted by atomic mass is 32.2. The fourth-order valence-corrected chi connectivity index (χ4v) is 3.11. The quantitative estimate of drug-likeness (QED) is 0.854. The maximum Gasteiger partial charge on any atom is 0.232 e. The van der Waals surface area contributed by atoms with E-state index in [0.29, 0.717) is 5.75 Å². The van der Waals surface area contributed by atoms with Crippen LogP contribution < -0.4 is 0 Å². The van der Waals surface area contributed by atoms with Crippen molar-refractivity contribution < 1.29 is 4.79 Å². The van der Waals surface area contributed by atoms with Crippen molar-refractivity contribution in [2.75, 3.05) is 31.9 Å². The van der Waals surface area contributed by atoms with Gasteiger partial charge in [-0.25, -0.2) is 0 Å². The summed E-state index contributed by atoms with van der Waals surface area (Å²) >= 11 is 1.73. The van der Waals surface area contributed by atoms with Gasteiger partial charge in [0.2, 0.25) is 5.91 Å². The lowest BCUT2D eigenvalue weighted by molar-refractivity contribution is -0.130. The number of thioether (sulfide) groups is 1. The van der Waals surface area contributed by atoms with Crippen LogP contribution in [0.4, 0.5) is 0 Å². The van der Waals surface area contributed by atoms with Crippen LogP contribution in [0.5, 0.6) is 0 Å². The van der Waals surface area contributed by atoms with Gasteiger partial charge in [-0.15, -0.1) is 11.8 Å². The van der Waals surface area contributed by atoms with E-state index in [1.165, 1.54) is 5.56 Å². The van der Waals surface area contributed by atoms with Gasteiger partial charge in [-0.3, -0.25) is 9.69 Å². The Morgan fingerprint density at radius 3 is 2.29 bits per heavy atom. The Labute approximate surface area is 132 Å². The Morgan fingerprint density at radius 2 is 1.71 bits per heavy atom. The maximum atomic E-state index is 12.2. The van der Waals surface area contributed by atoms with E-state index in [1.807, 2.05) is 11.0 Å². The molecule has 1 heterocycles. The highest BCUT2D eigenvalue weighted by molar-refractivity contribution is 8.01. The zero-order valence-corrected chi connectivity index (χ0v) is 14.2. The standard InChI is InChI=1S/C17H26N2OS/c1-17(2,3)21-14-16(20)19-11-9-18(10-12-19)13-15-7-5-4-6-8-15/h4-8H,9-14H2,1-3H3. The molecule has 1 saturated heterocycles. The van der Waals surface area contributed by atoms with Crippen molar-refractivity contribution in [2.24, 2.45) is 0 Å². The zero-order valence-electron chi connectivity index (χ0n) is 13.3. The number of benzene rings is 1. The van der Waals surface area contributed by atoms with Gasteiger partial charge >= 0.3 is 0 Å². The van der Waals surface area contributed by atoms with Gasteiger partial charge in [0.05, 0.1) is 5.75 Å². The van der Waals surface area contributed by atoms with E-state index < -0.39 is 0 Å². The van der Waals surface area contributed by atoms with E-state index >= 15 is 0 Å². The van der Waals surface area contributed by atoms with Crippen LogP contribution in [0.1, 0.15) is 26.3 Å². The van der Waals surface area contributed by atoms with Gasteiger partial charge in [-0.05, 0) is 5.56 Å². The highest BCUT2D eigenvalue weighted by Crippen LogP contribution is 2.23. The van der Waals surface area contributed by atoms with Gasteiger partial charge in [-0.2, -0.15) is 0 Å². The number of rotatable bonds is 4. The van der Waals surface area contributed by atoms with Gasteiger partial charge in [-0.1, -0.05) is 51.1 Å². The summed E-state index contributed by atoms with van der Waals surface area (Å²) in [5.74, 6) is 0.886. The Kier molecular flexibility index (Phi) is 5.71. The number of hydrogen-bond donors (Lipinski definition) is 0. The van der Waals surface area contributed by atoms with Crippen molar-refractivity contribution in [1.29, 1.82) is 0 Å². The molecule has 1 aromatic carbocycles. The Bertz CT molecular complexity index is 448. The number of carbonyl (C=O) groups excluding carboxylic acids is 1. The SMILES string of the molecule is CC(C)(C)SCC(=O)N1CCN(Cc2ccccc2)CC1. The molecule has 21 heavy (non-hydrogen) atoms. The average molecular weight is 306 g/mol. The molecule has 1 aromatic rings. The van der Waals surface area contributed by atoms with E-state index in [-0.39, 0.29) is 10.7 Å². The molecule has 0 aliphatic carbocycles. The van der Waals surface area contributed by atoms with Crippen molar-refractivity contribution in [1.82, 2.24) is 9.80 Å². The van der Waals surface area contributed by atoms with E-state index in [1.54, 1.807) is 11.8 Å². The molecule has 1 fully saturated rings. The Hall–Kier alpha value is -1.00. The minimum Gasteiger partial charge on any atom is -0.339 e. The lowest BCUT2D eigenvalue weighted by atomic mass is 10.2. The van der Waals surface area contributed by atoms with E-state index in [0.717, 1.165) is 32.7 Å². The van der Waals surface area contributed by atoms with E-state index in [4.69, 9.17) is 0 Å². The predicted molar refractivity (Wildman–Crippen MR) is 90.5 cm³/mol. The summed E-state index contributed by atoms with van der Waals surface area (Å²) in [6.07, 6.45) is 0. The molecule has 1 amide bonds. The molecular formula is C17H26N2OS. The van der Waals surface area contributed by atoms with Gasteiger partial charge in [0.15, 0.2) is 0 Å². The summed E-state index contributed by atoms with van der Waals surface area (Å²) in [7, 11) is 0. The monoisotopic (exact) mass is 306 g/mol. The van der Waals surface area contributed by atoms with Crippen molar-refractivity contribution >= 4 is 17.7 Å². The molecule has 0 atom stereocenters. The molecule has 3 nitrogen and oxygen atoms in total. The summed E-state index contributed by atoms with van der Waals surface area (Å²) < 4.78 is 0.158. The normalized spacial score (nSPS) is 17.0. The lowest BCUT2D eigenvalue weighted by Crippen LogP contribution is -2.49. The third kappa shape index (κ3) is 5.71. The highest BCUT2D eigenvalue weighted by Gasteiger charge is 2.22.